The highest BCUT2D eigenvalue weighted by molar-refractivity contribution is 7.09. The van der Waals surface area contributed by atoms with E-state index in [4.69, 9.17) is 9.47 Å². The molecule has 5 heteroatoms. The summed E-state index contributed by atoms with van der Waals surface area (Å²) < 4.78 is 10.7. The summed E-state index contributed by atoms with van der Waals surface area (Å²) in [5.74, 6) is -0.156. The highest BCUT2D eigenvalue weighted by atomic mass is 32.1. The van der Waals surface area contributed by atoms with Crippen LogP contribution in [0.3, 0.4) is 0 Å². The van der Waals surface area contributed by atoms with E-state index in [0.717, 1.165) is 32.5 Å². The zero-order chi connectivity index (χ0) is 13.5. The maximum Gasteiger partial charge on any atom is 0.320 e. The Morgan fingerprint density at radius 3 is 3.16 bits per heavy atom. The summed E-state index contributed by atoms with van der Waals surface area (Å²) in [4.78, 5) is 15.0. The number of carbonyl (C=O) groups is 1. The van der Waals surface area contributed by atoms with Crippen molar-refractivity contribution in [3.05, 3.63) is 22.4 Å². The summed E-state index contributed by atoms with van der Waals surface area (Å²) in [6.45, 7) is 5.04. The van der Waals surface area contributed by atoms with Crippen LogP contribution in [0.25, 0.3) is 0 Å². The Hall–Kier alpha value is -0.910. The molecule has 1 saturated heterocycles. The molecule has 0 spiro atoms. The molecular formula is C14H21NO3S. The first-order valence-electron chi connectivity index (χ1n) is 6.80. The van der Waals surface area contributed by atoms with Crippen LogP contribution < -0.4 is 0 Å². The van der Waals surface area contributed by atoms with E-state index in [1.807, 2.05) is 13.0 Å². The molecule has 1 aromatic rings. The van der Waals surface area contributed by atoms with Crippen LogP contribution >= 0.6 is 11.3 Å². The van der Waals surface area contributed by atoms with Crippen LogP contribution in [0.15, 0.2) is 17.5 Å². The molecular weight excluding hydrogens is 262 g/mol. The maximum atomic E-state index is 11.7. The van der Waals surface area contributed by atoms with Crippen molar-refractivity contribution in [2.24, 2.45) is 0 Å². The Bertz CT molecular complexity index is 374. The van der Waals surface area contributed by atoms with E-state index in [0.29, 0.717) is 13.2 Å². The molecule has 2 rings (SSSR count). The second-order valence-corrected chi connectivity index (χ2v) is 5.72. The molecule has 2 heterocycles. The minimum absolute atomic E-state index is 0.156. The lowest BCUT2D eigenvalue weighted by Gasteiger charge is -2.23. The molecule has 0 saturated carbocycles. The standard InChI is InChI=1S/C14H21NO3S/c1-2-17-14(16)11-15(9-12-5-3-7-18-12)10-13-6-4-8-19-13/h4,6,8,12H,2-3,5,7,9-11H2,1H3/t12-/m0/s1. The van der Waals surface area contributed by atoms with Gasteiger partial charge in [-0.25, -0.2) is 0 Å². The highest BCUT2D eigenvalue weighted by Gasteiger charge is 2.21. The van der Waals surface area contributed by atoms with E-state index in [9.17, 15) is 4.79 Å². The van der Waals surface area contributed by atoms with Gasteiger partial charge in [-0.3, -0.25) is 9.69 Å². The van der Waals surface area contributed by atoms with Gasteiger partial charge in [-0.1, -0.05) is 6.07 Å². The maximum absolute atomic E-state index is 11.7. The second-order valence-electron chi connectivity index (χ2n) is 4.69. The van der Waals surface area contributed by atoms with Crippen molar-refractivity contribution in [3.63, 3.8) is 0 Å². The van der Waals surface area contributed by atoms with E-state index < -0.39 is 0 Å². The van der Waals surface area contributed by atoms with Crippen molar-refractivity contribution < 1.29 is 14.3 Å². The summed E-state index contributed by atoms with van der Waals surface area (Å²) in [5.41, 5.74) is 0. The van der Waals surface area contributed by atoms with Crippen LogP contribution in [0.4, 0.5) is 0 Å². The average Bonchev–Trinajstić information content (AvgIpc) is 3.02. The molecule has 0 aliphatic carbocycles. The zero-order valence-corrected chi connectivity index (χ0v) is 12.2. The van der Waals surface area contributed by atoms with Gasteiger partial charge in [-0.2, -0.15) is 0 Å². The smallest absolute Gasteiger partial charge is 0.320 e. The van der Waals surface area contributed by atoms with Crippen LogP contribution in [0, 0.1) is 0 Å². The van der Waals surface area contributed by atoms with Gasteiger partial charge in [0.2, 0.25) is 0 Å². The van der Waals surface area contributed by atoms with Gasteiger partial charge in [0.05, 0.1) is 19.3 Å². The molecule has 1 fully saturated rings. The molecule has 0 amide bonds. The van der Waals surface area contributed by atoms with Crippen LogP contribution in [0.5, 0.6) is 0 Å². The second kappa shape index (κ2) is 7.62. The Labute approximate surface area is 118 Å². The van der Waals surface area contributed by atoms with E-state index in [-0.39, 0.29) is 12.1 Å². The monoisotopic (exact) mass is 283 g/mol. The van der Waals surface area contributed by atoms with Gasteiger partial charge < -0.3 is 9.47 Å². The lowest BCUT2D eigenvalue weighted by Crippen LogP contribution is -2.36. The fourth-order valence-electron chi connectivity index (χ4n) is 2.27. The topological polar surface area (TPSA) is 38.8 Å². The molecule has 0 bridgehead atoms. The van der Waals surface area contributed by atoms with Gasteiger partial charge >= 0.3 is 5.97 Å². The molecule has 0 radical (unpaired) electrons. The van der Waals surface area contributed by atoms with Crippen molar-refractivity contribution >= 4 is 17.3 Å². The molecule has 0 N–H and O–H groups in total. The van der Waals surface area contributed by atoms with Crippen molar-refractivity contribution in [2.75, 3.05) is 26.3 Å². The number of rotatable bonds is 7. The van der Waals surface area contributed by atoms with Crippen molar-refractivity contribution in [1.82, 2.24) is 4.90 Å². The van der Waals surface area contributed by atoms with Gasteiger partial charge in [-0.15, -0.1) is 11.3 Å². The first-order chi connectivity index (χ1) is 9.28. The van der Waals surface area contributed by atoms with E-state index in [2.05, 4.69) is 16.3 Å². The Morgan fingerprint density at radius 2 is 2.53 bits per heavy atom. The molecule has 1 aliphatic heterocycles. The third-order valence-electron chi connectivity index (χ3n) is 3.10. The summed E-state index contributed by atoms with van der Waals surface area (Å²) in [6, 6.07) is 4.13. The van der Waals surface area contributed by atoms with Crippen molar-refractivity contribution in [3.8, 4) is 0 Å². The number of hydrogen-bond acceptors (Lipinski definition) is 5. The summed E-state index contributed by atoms with van der Waals surface area (Å²) in [7, 11) is 0. The number of nitrogens with zero attached hydrogens (tertiary/aromatic N) is 1. The minimum atomic E-state index is -0.156. The van der Waals surface area contributed by atoms with Gasteiger partial charge in [0.1, 0.15) is 0 Å². The van der Waals surface area contributed by atoms with E-state index in [1.54, 1.807) is 11.3 Å². The lowest BCUT2D eigenvalue weighted by molar-refractivity contribution is -0.144. The Kier molecular flexibility index (Phi) is 5.82. The molecule has 106 valence electrons. The Morgan fingerprint density at radius 1 is 1.63 bits per heavy atom. The fourth-order valence-corrected chi connectivity index (χ4v) is 3.02. The number of carbonyl (C=O) groups excluding carboxylic acids is 1. The third kappa shape index (κ3) is 4.93. The molecule has 4 nitrogen and oxygen atoms in total. The number of thiophene rings is 1. The molecule has 1 aromatic heterocycles. The number of esters is 1. The highest BCUT2D eigenvalue weighted by Crippen LogP contribution is 2.17. The predicted octanol–water partition coefficient (Wildman–Crippen LogP) is 2.29. The molecule has 0 aromatic carbocycles. The van der Waals surface area contributed by atoms with Gasteiger partial charge in [-0.05, 0) is 31.2 Å². The minimum Gasteiger partial charge on any atom is -0.465 e. The SMILES string of the molecule is CCOC(=O)CN(Cc1cccs1)C[C@@H]1CCCO1. The fraction of sp³-hybridized carbons (Fsp3) is 0.643. The molecule has 0 unspecified atom stereocenters. The molecule has 1 aliphatic rings. The van der Waals surface area contributed by atoms with Gasteiger partial charge in [0.15, 0.2) is 0 Å². The van der Waals surface area contributed by atoms with Crippen LogP contribution in [-0.2, 0) is 20.8 Å². The molecule has 19 heavy (non-hydrogen) atoms. The van der Waals surface area contributed by atoms with Gasteiger partial charge in [0.25, 0.3) is 0 Å². The first-order valence-corrected chi connectivity index (χ1v) is 7.68. The van der Waals surface area contributed by atoms with Crippen molar-refractivity contribution in [1.29, 1.82) is 0 Å². The van der Waals surface area contributed by atoms with Crippen LogP contribution in [-0.4, -0.2) is 43.3 Å². The zero-order valence-electron chi connectivity index (χ0n) is 11.3. The van der Waals surface area contributed by atoms with Crippen LogP contribution in [0.1, 0.15) is 24.6 Å². The number of ether oxygens (including phenoxy) is 2. The lowest BCUT2D eigenvalue weighted by atomic mass is 10.2. The first kappa shape index (κ1) is 14.5. The predicted molar refractivity (Wildman–Crippen MR) is 75.2 cm³/mol. The Balaban J connectivity index is 1.89. The summed E-state index contributed by atoms with van der Waals surface area (Å²) in [6.07, 6.45) is 2.47. The van der Waals surface area contributed by atoms with E-state index in [1.165, 1.54) is 4.88 Å². The summed E-state index contributed by atoms with van der Waals surface area (Å²) in [5, 5.41) is 2.06. The largest absolute Gasteiger partial charge is 0.465 e. The van der Waals surface area contributed by atoms with Crippen molar-refractivity contribution in [2.45, 2.75) is 32.4 Å². The quantitative estimate of drug-likeness (QED) is 0.720. The average molecular weight is 283 g/mol. The number of hydrogen-bond donors (Lipinski definition) is 0. The van der Waals surface area contributed by atoms with Gasteiger partial charge in [0, 0.05) is 24.6 Å². The van der Waals surface area contributed by atoms with E-state index >= 15 is 0 Å². The summed E-state index contributed by atoms with van der Waals surface area (Å²) >= 11 is 1.72. The van der Waals surface area contributed by atoms with Crippen LogP contribution in [0.2, 0.25) is 0 Å². The normalized spacial score (nSPS) is 18.9. The third-order valence-corrected chi connectivity index (χ3v) is 3.96. The molecule has 1 atom stereocenters.